The van der Waals surface area contributed by atoms with Crippen LogP contribution in [0, 0.1) is 6.92 Å². The Kier molecular flexibility index (Phi) is 5.71. The van der Waals surface area contributed by atoms with Gasteiger partial charge >= 0.3 is 0 Å². The molecule has 1 aliphatic heterocycles. The average Bonchev–Trinajstić information content (AvgIpc) is 3.34. The van der Waals surface area contributed by atoms with Crippen molar-refractivity contribution in [3.05, 3.63) is 59.0 Å². The zero-order valence-electron chi connectivity index (χ0n) is 16.6. The molecule has 0 spiro atoms. The lowest BCUT2D eigenvalue weighted by Crippen LogP contribution is -2.36. The van der Waals surface area contributed by atoms with E-state index in [-0.39, 0.29) is 5.91 Å². The van der Waals surface area contributed by atoms with E-state index < -0.39 is 0 Å². The summed E-state index contributed by atoms with van der Waals surface area (Å²) in [6, 6.07) is 6.06. The molecule has 4 rings (SSSR count). The Morgan fingerprint density at radius 1 is 1.24 bits per heavy atom. The zero-order valence-corrected chi connectivity index (χ0v) is 17.4. The fourth-order valence-corrected chi connectivity index (χ4v) is 4.21. The number of carbonyl (C=O) groups is 1. The molecule has 7 nitrogen and oxygen atoms in total. The highest BCUT2D eigenvalue weighted by molar-refractivity contribution is 7.15. The number of rotatable bonds is 5. The van der Waals surface area contributed by atoms with Gasteiger partial charge in [0.2, 0.25) is 5.91 Å². The third-order valence-corrected chi connectivity index (χ3v) is 6.00. The molecule has 1 fully saturated rings. The largest absolute Gasteiger partial charge is 0.339 e. The minimum atomic E-state index is 0.0564. The number of piperidine rings is 1. The van der Waals surface area contributed by atoms with Crippen LogP contribution >= 0.6 is 11.3 Å². The van der Waals surface area contributed by atoms with Crippen LogP contribution in [0.15, 0.2) is 42.9 Å². The Morgan fingerprint density at radius 2 is 2.07 bits per heavy atom. The smallest absolute Gasteiger partial charge is 0.246 e. The van der Waals surface area contributed by atoms with Gasteiger partial charge in [0.1, 0.15) is 5.82 Å². The summed E-state index contributed by atoms with van der Waals surface area (Å²) < 4.78 is 1.75. The van der Waals surface area contributed by atoms with Crippen molar-refractivity contribution in [2.24, 2.45) is 7.05 Å². The number of nitrogens with zero attached hydrogens (tertiary/aromatic N) is 5. The lowest BCUT2D eigenvalue weighted by molar-refractivity contribution is -0.126. The number of nitrogens with one attached hydrogen (secondary N) is 1. The zero-order chi connectivity index (χ0) is 20.2. The highest BCUT2D eigenvalue weighted by Gasteiger charge is 2.23. The van der Waals surface area contributed by atoms with E-state index in [1.54, 1.807) is 28.3 Å². The van der Waals surface area contributed by atoms with E-state index in [9.17, 15) is 4.79 Å². The molecule has 3 aromatic heterocycles. The topological polar surface area (TPSA) is 75.9 Å². The molecule has 0 aliphatic carbocycles. The minimum absolute atomic E-state index is 0.0564. The number of carbonyl (C=O) groups excluding carboxylic acids is 1. The Labute approximate surface area is 174 Å². The molecule has 1 aliphatic rings. The molecule has 0 radical (unpaired) electrons. The van der Waals surface area contributed by atoms with E-state index in [4.69, 9.17) is 0 Å². The standard InChI is InChI=1S/C21H24N6OS/c1-15-14-23-21(29-15)25-19-13-17(5-9-22-19)16-7-11-27(12-8-16)20(28)4-3-18-6-10-24-26(18)2/h3-6,9-10,13-14,16H,7-8,11-12H2,1-2H3,(H,22,23,25)/b4-3+. The summed E-state index contributed by atoms with van der Waals surface area (Å²) in [5.74, 6) is 1.30. The molecule has 0 bridgehead atoms. The molecule has 29 heavy (non-hydrogen) atoms. The predicted molar refractivity (Wildman–Crippen MR) is 115 cm³/mol. The van der Waals surface area contributed by atoms with E-state index >= 15 is 0 Å². The molecule has 0 unspecified atom stereocenters. The molecule has 1 amide bonds. The fourth-order valence-electron chi connectivity index (χ4n) is 3.53. The second-order valence-corrected chi connectivity index (χ2v) is 8.42. The van der Waals surface area contributed by atoms with Crippen LogP contribution in [-0.4, -0.2) is 43.6 Å². The van der Waals surface area contributed by atoms with E-state index in [0.717, 1.165) is 47.5 Å². The molecule has 150 valence electrons. The first-order chi connectivity index (χ1) is 14.1. The lowest BCUT2D eigenvalue weighted by atomic mass is 9.90. The maximum absolute atomic E-state index is 12.5. The summed E-state index contributed by atoms with van der Waals surface area (Å²) in [7, 11) is 1.86. The number of amides is 1. The second kappa shape index (κ2) is 8.57. The van der Waals surface area contributed by atoms with E-state index in [2.05, 4.69) is 32.5 Å². The molecule has 0 saturated carbocycles. The molecule has 1 saturated heterocycles. The van der Waals surface area contributed by atoms with Crippen LogP contribution in [-0.2, 0) is 11.8 Å². The summed E-state index contributed by atoms with van der Waals surface area (Å²) in [6.07, 6.45) is 10.8. The number of aryl methyl sites for hydroxylation is 2. The van der Waals surface area contributed by atoms with Gasteiger partial charge in [0.15, 0.2) is 5.13 Å². The molecule has 3 aromatic rings. The van der Waals surface area contributed by atoms with Crippen molar-refractivity contribution in [3.8, 4) is 0 Å². The molecule has 4 heterocycles. The van der Waals surface area contributed by atoms with Gasteiger partial charge in [-0.05, 0) is 55.5 Å². The molecular formula is C21H24N6OS. The van der Waals surface area contributed by atoms with Gasteiger partial charge in [-0.15, -0.1) is 11.3 Å². The van der Waals surface area contributed by atoms with Gasteiger partial charge in [0.05, 0.1) is 5.69 Å². The number of thiazole rings is 1. The van der Waals surface area contributed by atoms with Crippen LogP contribution in [0.3, 0.4) is 0 Å². The SMILES string of the molecule is Cc1cnc(Nc2cc(C3CCN(C(=O)/C=C/c4ccnn4C)CC3)ccn2)s1. The van der Waals surface area contributed by atoms with Crippen molar-refractivity contribution < 1.29 is 4.79 Å². The van der Waals surface area contributed by atoms with Crippen LogP contribution in [0.4, 0.5) is 10.9 Å². The third-order valence-electron chi connectivity index (χ3n) is 5.17. The molecule has 0 aromatic carbocycles. The summed E-state index contributed by atoms with van der Waals surface area (Å²) in [4.78, 5) is 24.3. The van der Waals surface area contributed by atoms with Crippen molar-refractivity contribution in [2.45, 2.75) is 25.7 Å². The van der Waals surface area contributed by atoms with E-state index in [0.29, 0.717) is 5.92 Å². The van der Waals surface area contributed by atoms with Crippen molar-refractivity contribution in [1.29, 1.82) is 0 Å². The average molecular weight is 409 g/mol. The van der Waals surface area contributed by atoms with Gasteiger partial charge in [-0.2, -0.15) is 5.10 Å². The molecule has 0 atom stereocenters. The maximum Gasteiger partial charge on any atom is 0.246 e. The van der Waals surface area contributed by atoms with Crippen molar-refractivity contribution >= 4 is 34.3 Å². The van der Waals surface area contributed by atoms with Gasteiger partial charge < -0.3 is 10.2 Å². The van der Waals surface area contributed by atoms with Gasteiger partial charge in [-0.1, -0.05) is 0 Å². The van der Waals surface area contributed by atoms with Crippen LogP contribution in [0.2, 0.25) is 0 Å². The van der Waals surface area contributed by atoms with Crippen LogP contribution in [0.1, 0.15) is 34.9 Å². The number of aromatic nitrogens is 4. The Balaban J connectivity index is 1.34. The molecular weight excluding hydrogens is 384 g/mol. The Hall–Kier alpha value is -3.00. The number of anilines is 2. The van der Waals surface area contributed by atoms with Gasteiger partial charge in [0.25, 0.3) is 0 Å². The third kappa shape index (κ3) is 4.71. The fraction of sp³-hybridized carbons (Fsp3) is 0.333. The lowest BCUT2D eigenvalue weighted by Gasteiger charge is -2.31. The summed E-state index contributed by atoms with van der Waals surface area (Å²) in [5.41, 5.74) is 2.17. The first-order valence-corrected chi connectivity index (χ1v) is 10.5. The summed E-state index contributed by atoms with van der Waals surface area (Å²) in [6.45, 7) is 3.56. The number of hydrogen-bond acceptors (Lipinski definition) is 6. The predicted octanol–water partition coefficient (Wildman–Crippen LogP) is 3.74. The highest BCUT2D eigenvalue weighted by Crippen LogP contribution is 2.30. The summed E-state index contributed by atoms with van der Waals surface area (Å²) in [5, 5.41) is 8.25. The molecule has 8 heteroatoms. The van der Waals surface area contributed by atoms with Crippen LogP contribution in [0.5, 0.6) is 0 Å². The first kappa shape index (κ1) is 19.3. The van der Waals surface area contributed by atoms with Crippen molar-refractivity contribution in [2.75, 3.05) is 18.4 Å². The van der Waals surface area contributed by atoms with Gasteiger partial charge in [0, 0.05) is 49.7 Å². The van der Waals surface area contributed by atoms with E-state index in [1.807, 2.05) is 43.4 Å². The molecule has 1 N–H and O–H groups in total. The van der Waals surface area contributed by atoms with Gasteiger partial charge in [-0.25, -0.2) is 9.97 Å². The van der Waals surface area contributed by atoms with Crippen LogP contribution < -0.4 is 5.32 Å². The minimum Gasteiger partial charge on any atom is -0.339 e. The summed E-state index contributed by atoms with van der Waals surface area (Å²) >= 11 is 1.61. The number of pyridine rings is 1. The first-order valence-electron chi connectivity index (χ1n) is 9.69. The normalized spacial score (nSPS) is 15.2. The monoisotopic (exact) mass is 408 g/mol. The van der Waals surface area contributed by atoms with Crippen molar-refractivity contribution in [3.63, 3.8) is 0 Å². The number of hydrogen-bond donors (Lipinski definition) is 1. The highest BCUT2D eigenvalue weighted by atomic mass is 32.1. The Bertz CT molecular complexity index is 1020. The van der Waals surface area contributed by atoms with Crippen LogP contribution in [0.25, 0.3) is 6.08 Å². The quantitative estimate of drug-likeness (QED) is 0.651. The van der Waals surface area contributed by atoms with Crippen molar-refractivity contribution in [1.82, 2.24) is 24.6 Å². The van der Waals surface area contributed by atoms with Gasteiger partial charge in [-0.3, -0.25) is 9.48 Å². The second-order valence-electron chi connectivity index (χ2n) is 7.19. The van der Waals surface area contributed by atoms with E-state index in [1.165, 1.54) is 5.56 Å². The number of likely N-dealkylation sites (tertiary alicyclic amines) is 1. The Morgan fingerprint density at radius 3 is 2.76 bits per heavy atom. The maximum atomic E-state index is 12.5.